The predicted molar refractivity (Wildman–Crippen MR) is 118 cm³/mol. The molecule has 0 fully saturated rings. The summed E-state index contributed by atoms with van der Waals surface area (Å²) in [5, 5.41) is 22.3. The van der Waals surface area contributed by atoms with E-state index in [0.29, 0.717) is 11.0 Å². The third kappa shape index (κ3) is 5.26. The summed E-state index contributed by atoms with van der Waals surface area (Å²) < 4.78 is 15.2. The van der Waals surface area contributed by atoms with Crippen molar-refractivity contribution in [3.8, 4) is 11.4 Å². The van der Waals surface area contributed by atoms with E-state index in [9.17, 15) is 19.3 Å². The second-order valence-corrected chi connectivity index (χ2v) is 8.90. The first-order valence-electron chi connectivity index (χ1n) is 9.43. The highest BCUT2D eigenvalue weighted by molar-refractivity contribution is 7.99. The van der Waals surface area contributed by atoms with Crippen LogP contribution in [0.1, 0.15) is 26.3 Å². The molecule has 1 N–H and O–H groups in total. The van der Waals surface area contributed by atoms with Crippen LogP contribution in [0.5, 0.6) is 0 Å². The van der Waals surface area contributed by atoms with E-state index in [0.717, 1.165) is 17.7 Å². The fraction of sp³-hybridized carbons (Fsp3) is 0.286. The number of hydrogen-bond donors (Lipinski definition) is 1. The number of halogens is 1. The molecule has 0 saturated carbocycles. The number of aromatic nitrogens is 3. The molecule has 3 aromatic rings. The Bertz CT molecular complexity index is 1120. The van der Waals surface area contributed by atoms with Gasteiger partial charge in [-0.2, -0.15) is 4.39 Å². The summed E-state index contributed by atoms with van der Waals surface area (Å²) >= 11 is 1.18. The number of carbonyl (C=O) groups is 1. The van der Waals surface area contributed by atoms with E-state index in [1.807, 2.05) is 19.2 Å². The van der Waals surface area contributed by atoms with Gasteiger partial charge in [-0.05, 0) is 23.1 Å². The summed E-state index contributed by atoms with van der Waals surface area (Å²) in [4.78, 5) is 22.2. The lowest BCUT2D eigenvalue weighted by Crippen LogP contribution is -2.14. The number of nitro groups is 1. The van der Waals surface area contributed by atoms with Crippen molar-refractivity contribution in [3.05, 3.63) is 64.0 Å². The van der Waals surface area contributed by atoms with Gasteiger partial charge in [0.25, 0.3) is 0 Å². The molecule has 0 radical (unpaired) electrons. The van der Waals surface area contributed by atoms with E-state index >= 15 is 0 Å². The number of amides is 1. The molecule has 0 aliphatic heterocycles. The zero-order valence-electron chi connectivity index (χ0n) is 17.5. The standard InChI is InChI=1S/C21H22FN5O3S/c1-21(2,3)14-7-5-13(6-8-14)19-24-25-20(26(19)4)31-12-18(28)23-15-9-10-16(22)17(11-15)27(29)30/h5-11H,12H2,1-4H3,(H,23,28). The van der Waals surface area contributed by atoms with Gasteiger partial charge in [-0.3, -0.25) is 14.9 Å². The second kappa shape index (κ2) is 8.84. The first-order chi connectivity index (χ1) is 14.6. The highest BCUT2D eigenvalue weighted by atomic mass is 32.2. The number of nitrogens with zero attached hydrogens (tertiary/aromatic N) is 4. The number of benzene rings is 2. The summed E-state index contributed by atoms with van der Waals surface area (Å²) in [7, 11) is 1.82. The van der Waals surface area contributed by atoms with Gasteiger partial charge in [-0.15, -0.1) is 10.2 Å². The van der Waals surface area contributed by atoms with E-state index < -0.39 is 22.3 Å². The van der Waals surface area contributed by atoms with Crippen LogP contribution in [0.3, 0.4) is 0 Å². The quantitative estimate of drug-likeness (QED) is 0.340. The summed E-state index contributed by atoms with van der Waals surface area (Å²) in [5.41, 5.74) is 1.64. The minimum atomic E-state index is -0.959. The Kier molecular flexibility index (Phi) is 6.40. The van der Waals surface area contributed by atoms with Crippen molar-refractivity contribution in [2.75, 3.05) is 11.1 Å². The smallest absolute Gasteiger partial charge is 0.306 e. The molecule has 31 heavy (non-hydrogen) atoms. The minimum absolute atomic E-state index is 0.0140. The molecule has 0 aliphatic carbocycles. The molecule has 8 nitrogen and oxygen atoms in total. The fourth-order valence-corrected chi connectivity index (χ4v) is 3.58. The molecule has 1 amide bonds. The van der Waals surface area contributed by atoms with Gasteiger partial charge in [-0.25, -0.2) is 0 Å². The van der Waals surface area contributed by atoms with Gasteiger partial charge in [0.1, 0.15) is 0 Å². The summed E-state index contributed by atoms with van der Waals surface area (Å²) in [5.74, 6) is -0.665. The number of anilines is 1. The molecule has 0 bridgehead atoms. The molecule has 0 saturated heterocycles. The number of thioether (sulfide) groups is 1. The average Bonchev–Trinajstić information content (AvgIpc) is 3.07. The lowest BCUT2D eigenvalue weighted by Gasteiger charge is -2.19. The van der Waals surface area contributed by atoms with Crippen LogP contribution < -0.4 is 5.32 Å². The van der Waals surface area contributed by atoms with Crippen molar-refractivity contribution in [1.82, 2.24) is 14.8 Å². The van der Waals surface area contributed by atoms with Crippen molar-refractivity contribution in [3.63, 3.8) is 0 Å². The van der Waals surface area contributed by atoms with Crippen molar-refractivity contribution < 1.29 is 14.1 Å². The molecule has 1 aromatic heterocycles. The molecule has 3 rings (SSSR count). The molecule has 162 valence electrons. The van der Waals surface area contributed by atoms with Gasteiger partial charge in [0.15, 0.2) is 11.0 Å². The zero-order valence-corrected chi connectivity index (χ0v) is 18.4. The fourth-order valence-electron chi connectivity index (χ4n) is 2.87. The highest BCUT2D eigenvalue weighted by Gasteiger charge is 2.18. The van der Waals surface area contributed by atoms with Crippen molar-refractivity contribution in [1.29, 1.82) is 0 Å². The van der Waals surface area contributed by atoms with Crippen LogP contribution in [-0.2, 0) is 17.3 Å². The van der Waals surface area contributed by atoms with E-state index in [1.165, 1.54) is 23.4 Å². The van der Waals surface area contributed by atoms with Gasteiger partial charge < -0.3 is 9.88 Å². The van der Waals surface area contributed by atoms with Crippen molar-refractivity contribution in [2.45, 2.75) is 31.3 Å². The molecule has 1 heterocycles. The maximum Gasteiger partial charge on any atom is 0.306 e. The minimum Gasteiger partial charge on any atom is -0.325 e. The molecular formula is C21H22FN5O3S. The first kappa shape index (κ1) is 22.4. The van der Waals surface area contributed by atoms with E-state index in [2.05, 4.69) is 48.4 Å². The van der Waals surface area contributed by atoms with Crippen LogP contribution in [0.2, 0.25) is 0 Å². The molecule has 0 aliphatic rings. The van der Waals surface area contributed by atoms with Crippen LogP contribution in [0.15, 0.2) is 47.6 Å². The third-order valence-corrected chi connectivity index (χ3v) is 5.62. The number of rotatable bonds is 6. The molecule has 0 unspecified atom stereocenters. The van der Waals surface area contributed by atoms with Crippen LogP contribution in [0, 0.1) is 15.9 Å². The largest absolute Gasteiger partial charge is 0.325 e. The lowest BCUT2D eigenvalue weighted by atomic mass is 9.87. The Hall–Kier alpha value is -3.27. The number of carbonyl (C=O) groups excluding carboxylic acids is 1. The third-order valence-electron chi connectivity index (χ3n) is 4.60. The Morgan fingerprint density at radius 3 is 2.48 bits per heavy atom. The predicted octanol–water partition coefficient (Wildman–Crippen LogP) is 4.56. The van der Waals surface area contributed by atoms with Crippen LogP contribution >= 0.6 is 11.8 Å². The summed E-state index contributed by atoms with van der Waals surface area (Å²) in [6, 6.07) is 11.3. The number of hydrogen-bond acceptors (Lipinski definition) is 6. The maximum atomic E-state index is 13.4. The topological polar surface area (TPSA) is 103 Å². The van der Waals surface area contributed by atoms with E-state index in [1.54, 1.807) is 4.57 Å². The van der Waals surface area contributed by atoms with Gasteiger partial charge in [0, 0.05) is 24.4 Å². The van der Waals surface area contributed by atoms with Gasteiger partial charge >= 0.3 is 5.69 Å². The molecule has 0 spiro atoms. The summed E-state index contributed by atoms with van der Waals surface area (Å²) in [6.07, 6.45) is 0. The van der Waals surface area contributed by atoms with Crippen molar-refractivity contribution >= 4 is 29.0 Å². The average molecular weight is 444 g/mol. The zero-order chi connectivity index (χ0) is 22.8. The van der Waals surface area contributed by atoms with Crippen molar-refractivity contribution in [2.24, 2.45) is 7.05 Å². The van der Waals surface area contributed by atoms with Crippen LogP contribution in [-0.4, -0.2) is 31.3 Å². The van der Waals surface area contributed by atoms with E-state index in [-0.39, 0.29) is 16.9 Å². The summed E-state index contributed by atoms with van der Waals surface area (Å²) in [6.45, 7) is 6.44. The van der Waals surface area contributed by atoms with Crippen LogP contribution in [0.25, 0.3) is 11.4 Å². The Labute approximate surface area is 183 Å². The number of nitro benzene ring substituents is 1. The highest BCUT2D eigenvalue weighted by Crippen LogP contribution is 2.27. The Balaban J connectivity index is 1.65. The number of nitrogens with one attached hydrogen (secondary N) is 1. The Morgan fingerprint density at radius 1 is 1.19 bits per heavy atom. The molecule has 0 atom stereocenters. The molecule has 2 aromatic carbocycles. The lowest BCUT2D eigenvalue weighted by molar-refractivity contribution is -0.387. The van der Waals surface area contributed by atoms with Gasteiger partial charge in [0.2, 0.25) is 11.7 Å². The Morgan fingerprint density at radius 2 is 1.87 bits per heavy atom. The SMILES string of the molecule is Cn1c(SCC(=O)Nc2ccc(F)c([N+](=O)[O-])c2)nnc1-c1ccc(C(C)(C)C)cc1. The maximum absolute atomic E-state index is 13.4. The van der Waals surface area contributed by atoms with Gasteiger partial charge in [0.05, 0.1) is 10.7 Å². The molecular weight excluding hydrogens is 421 g/mol. The monoisotopic (exact) mass is 443 g/mol. The molecule has 10 heteroatoms. The normalized spacial score (nSPS) is 11.4. The second-order valence-electron chi connectivity index (χ2n) is 7.95. The van der Waals surface area contributed by atoms with Crippen LogP contribution in [0.4, 0.5) is 15.8 Å². The first-order valence-corrected chi connectivity index (χ1v) is 10.4. The van der Waals surface area contributed by atoms with Gasteiger partial charge in [-0.1, -0.05) is 56.8 Å². The van der Waals surface area contributed by atoms with E-state index in [4.69, 9.17) is 0 Å².